The van der Waals surface area contributed by atoms with Crippen LogP contribution in [-0.4, -0.2) is 67.8 Å². The predicted octanol–water partition coefficient (Wildman–Crippen LogP) is 1.69. The molecule has 2 bridgehead atoms. The van der Waals surface area contributed by atoms with Crippen molar-refractivity contribution in [3.8, 4) is 0 Å². The summed E-state index contributed by atoms with van der Waals surface area (Å²) in [5, 5.41) is 14.0. The van der Waals surface area contributed by atoms with Gasteiger partial charge in [-0.3, -0.25) is 4.79 Å². The maximum atomic E-state index is 12.5. The van der Waals surface area contributed by atoms with Crippen LogP contribution < -0.4 is 15.6 Å². The number of aryl methyl sites for hydroxylation is 1. The molecule has 0 radical (unpaired) electrons. The molecule has 2 aromatic rings. The zero-order chi connectivity index (χ0) is 22.4. The van der Waals surface area contributed by atoms with Crippen LogP contribution >= 0.6 is 12.2 Å². The number of hydrogen-bond acceptors (Lipinski definition) is 6. The molecule has 2 aromatic heterocycles. The Kier molecular flexibility index (Phi) is 5.48. The SMILES string of the molecule is CCn1cc(C(=O)O)c(=O)c2cnc(N3CCN(C(=S)N[C@H]4C[C@@H]5CC[C@H]4C5)CC3)nc21. The van der Waals surface area contributed by atoms with E-state index < -0.39 is 11.4 Å². The van der Waals surface area contributed by atoms with E-state index in [-0.39, 0.29) is 10.9 Å². The van der Waals surface area contributed by atoms with E-state index in [9.17, 15) is 14.7 Å². The molecule has 5 rings (SSSR count). The summed E-state index contributed by atoms with van der Waals surface area (Å²) < 4.78 is 1.69. The molecule has 170 valence electrons. The number of aromatic carboxylic acids is 1. The molecule has 0 amide bonds. The van der Waals surface area contributed by atoms with Crippen LogP contribution in [0.1, 0.15) is 43.0 Å². The molecule has 32 heavy (non-hydrogen) atoms. The van der Waals surface area contributed by atoms with Crippen molar-refractivity contribution in [3.63, 3.8) is 0 Å². The number of fused-ring (bicyclic) bond motifs is 3. The molecule has 2 N–H and O–H groups in total. The summed E-state index contributed by atoms with van der Waals surface area (Å²) in [6.45, 7) is 5.42. The number of pyridine rings is 1. The van der Waals surface area contributed by atoms with Gasteiger partial charge in [0.15, 0.2) is 5.11 Å². The molecule has 0 aromatic carbocycles. The molecule has 2 aliphatic carbocycles. The van der Waals surface area contributed by atoms with Gasteiger partial charge in [0.2, 0.25) is 11.4 Å². The van der Waals surface area contributed by atoms with E-state index in [0.717, 1.165) is 43.1 Å². The lowest BCUT2D eigenvalue weighted by molar-refractivity contribution is 0.0695. The van der Waals surface area contributed by atoms with E-state index in [1.807, 2.05) is 6.92 Å². The number of carboxylic acid groups (broad SMARTS) is 1. The van der Waals surface area contributed by atoms with E-state index in [1.54, 1.807) is 4.57 Å². The molecule has 3 fully saturated rings. The van der Waals surface area contributed by atoms with Gasteiger partial charge in [-0.15, -0.1) is 0 Å². The maximum Gasteiger partial charge on any atom is 0.341 e. The number of thiocarbonyl (C=S) groups is 1. The molecule has 2 saturated carbocycles. The molecular formula is C22H28N6O3S. The van der Waals surface area contributed by atoms with Crippen molar-refractivity contribution in [1.82, 2.24) is 24.8 Å². The largest absolute Gasteiger partial charge is 0.477 e. The lowest BCUT2D eigenvalue weighted by Crippen LogP contribution is -2.54. The molecule has 1 aliphatic heterocycles. The number of hydrogen-bond donors (Lipinski definition) is 2. The Morgan fingerprint density at radius 2 is 2.03 bits per heavy atom. The molecule has 3 atom stereocenters. The third kappa shape index (κ3) is 3.70. The smallest absolute Gasteiger partial charge is 0.341 e. The van der Waals surface area contributed by atoms with Gasteiger partial charge < -0.3 is 24.8 Å². The Balaban J connectivity index is 1.28. The van der Waals surface area contributed by atoms with Gasteiger partial charge >= 0.3 is 5.97 Å². The second-order valence-electron chi connectivity index (χ2n) is 9.08. The van der Waals surface area contributed by atoms with Crippen LogP contribution in [0.3, 0.4) is 0 Å². The van der Waals surface area contributed by atoms with Crippen molar-refractivity contribution in [1.29, 1.82) is 0 Å². The quantitative estimate of drug-likeness (QED) is 0.665. The Labute approximate surface area is 191 Å². The number of rotatable bonds is 4. The average Bonchev–Trinajstić information content (AvgIpc) is 3.42. The van der Waals surface area contributed by atoms with Gasteiger partial charge in [-0.25, -0.2) is 9.78 Å². The highest BCUT2D eigenvalue weighted by Gasteiger charge is 2.40. The van der Waals surface area contributed by atoms with Crippen LogP contribution in [-0.2, 0) is 6.54 Å². The third-order valence-corrected chi connectivity index (χ3v) is 7.65. The van der Waals surface area contributed by atoms with Crippen LogP contribution in [0, 0.1) is 11.8 Å². The van der Waals surface area contributed by atoms with Crippen LogP contribution in [0.15, 0.2) is 17.2 Å². The number of nitrogens with zero attached hydrogens (tertiary/aromatic N) is 5. The topological polar surface area (TPSA) is 104 Å². The number of carboxylic acids is 1. The van der Waals surface area contributed by atoms with Crippen molar-refractivity contribution in [2.24, 2.45) is 11.8 Å². The van der Waals surface area contributed by atoms with Gasteiger partial charge in [-0.2, -0.15) is 4.98 Å². The summed E-state index contributed by atoms with van der Waals surface area (Å²) in [6, 6.07) is 0.532. The first-order valence-corrected chi connectivity index (χ1v) is 11.8. The minimum absolute atomic E-state index is 0.227. The fourth-order valence-corrected chi connectivity index (χ4v) is 5.82. The zero-order valence-electron chi connectivity index (χ0n) is 18.2. The van der Waals surface area contributed by atoms with Gasteiger partial charge in [0, 0.05) is 51.2 Å². The highest BCUT2D eigenvalue weighted by atomic mass is 32.1. The van der Waals surface area contributed by atoms with Crippen molar-refractivity contribution in [2.75, 3.05) is 31.1 Å². The first-order chi connectivity index (χ1) is 15.4. The third-order valence-electron chi connectivity index (χ3n) is 7.27. The molecular weight excluding hydrogens is 428 g/mol. The van der Waals surface area contributed by atoms with Crippen molar-refractivity contribution in [3.05, 3.63) is 28.2 Å². The number of nitrogens with one attached hydrogen (secondary N) is 1. The van der Waals surface area contributed by atoms with E-state index in [4.69, 9.17) is 12.2 Å². The molecule has 3 aliphatic rings. The summed E-state index contributed by atoms with van der Waals surface area (Å²) in [5.74, 6) is 0.973. The summed E-state index contributed by atoms with van der Waals surface area (Å²) in [6.07, 6.45) is 8.12. The second-order valence-corrected chi connectivity index (χ2v) is 9.46. The molecule has 10 heteroatoms. The van der Waals surface area contributed by atoms with Crippen molar-refractivity contribution < 1.29 is 9.90 Å². The van der Waals surface area contributed by atoms with Crippen LogP contribution in [0.2, 0.25) is 0 Å². The predicted molar refractivity (Wildman–Crippen MR) is 125 cm³/mol. The zero-order valence-corrected chi connectivity index (χ0v) is 19.0. The number of carbonyl (C=O) groups is 1. The maximum absolute atomic E-state index is 12.5. The van der Waals surface area contributed by atoms with E-state index in [1.165, 1.54) is 38.1 Å². The van der Waals surface area contributed by atoms with Gasteiger partial charge in [0.1, 0.15) is 11.2 Å². The van der Waals surface area contributed by atoms with Crippen LogP contribution in [0.5, 0.6) is 0 Å². The Morgan fingerprint density at radius 1 is 1.25 bits per heavy atom. The summed E-state index contributed by atoms with van der Waals surface area (Å²) in [4.78, 5) is 37.2. The highest BCUT2D eigenvalue weighted by molar-refractivity contribution is 7.80. The fraction of sp³-hybridized carbons (Fsp3) is 0.591. The molecule has 1 saturated heterocycles. The van der Waals surface area contributed by atoms with Gasteiger partial charge in [-0.05, 0) is 50.2 Å². The molecule has 9 nitrogen and oxygen atoms in total. The standard InChI is InChI=1S/C22H28N6O3S/c1-2-26-12-16(20(30)31)18(29)15-11-23-21(25-19(15)26)27-5-7-28(8-6-27)22(32)24-17-10-13-3-4-14(17)9-13/h11-14,17H,2-10H2,1H3,(H,24,32)(H,30,31)/t13-,14+,17+/m1/s1. The highest BCUT2D eigenvalue weighted by Crippen LogP contribution is 2.44. The van der Waals surface area contributed by atoms with Crippen LogP contribution in [0.4, 0.5) is 5.95 Å². The normalized spacial score (nSPS) is 24.8. The fourth-order valence-electron chi connectivity index (χ4n) is 5.49. The number of aromatic nitrogens is 3. The first kappa shape index (κ1) is 21.1. The molecule has 3 heterocycles. The number of anilines is 1. The summed E-state index contributed by atoms with van der Waals surface area (Å²) in [5.41, 5.74) is -0.352. The monoisotopic (exact) mass is 456 g/mol. The van der Waals surface area contributed by atoms with Crippen LogP contribution in [0.25, 0.3) is 11.0 Å². The second kappa shape index (κ2) is 8.31. The lowest BCUT2D eigenvalue weighted by atomic mass is 9.95. The number of piperazine rings is 1. The Bertz CT molecular complexity index is 1130. The van der Waals surface area contributed by atoms with Gasteiger partial charge in [0.25, 0.3) is 0 Å². The van der Waals surface area contributed by atoms with E-state index >= 15 is 0 Å². The van der Waals surface area contributed by atoms with Gasteiger partial charge in [0.05, 0.1) is 5.39 Å². The first-order valence-electron chi connectivity index (χ1n) is 11.4. The van der Waals surface area contributed by atoms with Crippen molar-refractivity contribution >= 4 is 40.3 Å². The van der Waals surface area contributed by atoms with E-state index in [0.29, 0.717) is 24.2 Å². The van der Waals surface area contributed by atoms with Crippen molar-refractivity contribution in [2.45, 2.75) is 45.2 Å². The van der Waals surface area contributed by atoms with E-state index in [2.05, 4.69) is 25.1 Å². The Hall–Kier alpha value is -2.75. The molecule has 0 spiro atoms. The summed E-state index contributed by atoms with van der Waals surface area (Å²) >= 11 is 5.70. The Morgan fingerprint density at radius 3 is 2.66 bits per heavy atom. The lowest BCUT2D eigenvalue weighted by Gasteiger charge is -2.37. The summed E-state index contributed by atoms with van der Waals surface area (Å²) in [7, 11) is 0. The molecule has 0 unspecified atom stereocenters. The average molecular weight is 457 g/mol. The van der Waals surface area contributed by atoms with Gasteiger partial charge in [-0.1, -0.05) is 6.42 Å². The minimum atomic E-state index is -1.24. The minimum Gasteiger partial charge on any atom is -0.477 e.